The van der Waals surface area contributed by atoms with E-state index in [-0.39, 0.29) is 18.0 Å². The second-order valence-electron chi connectivity index (χ2n) is 13.0. The fourth-order valence-electron chi connectivity index (χ4n) is 7.13. The van der Waals surface area contributed by atoms with Crippen LogP contribution in [0.5, 0.6) is 0 Å². The number of piperidine rings is 2. The molecular formula is C29H42BN3O5. The zero-order valence-electron chi connectivity index (χ0n) is 23.6. The largest absolute Gasteiger partial charge is 0.494 e. The number of fused-ring (bicyclic) bond motifs is 2. The van der Waals surface area contributed by atoms with E-state index in [0.29, 0.717) is 32.0 Å². The van der Waals surface area contributed by atoms with Gasteiger partial charge in [-0.25, -0.2) is 4.79 Å². The van der Waals surface area contributed by atoms with Crippen LogP contribution in [0.15, 0.2) is 18.2 Å². The van der Waals surface area contributed by atoms with Gasteiger partial charge in [-0.2, -0.15) is 0 Å². The molecule has 9 heteroatoms. The molecule has 0 aromatic heterocycles. The first-order valence-electron chi connectivity index (χ1n) is 14.5. The number of methoxy groups -OCH3 is 1. The Kier molecular flexibility index (Phi) is 6.36. The van der Waals surface area contributed by atoms with Gasteiger partial charge >= 0.3 is 13.2 Å². The zero-order valence-corrected chi connectivity index (χ0v) is 23.6. The number of likely N-dealkylation sites (tertiary alicyclic amines) is 2. The molecular weight excluding hydrogens is 481 g/mol. The minimum Gasteiger partial charge on any atom is -0.453 e. The molecule has 4 heterocycles. The lowest BCUT2D eigenvalue weighted by molar-refractivity contribution is -0.126. The molecule has 2 amide bonds. The molecule has 5 aliphatic rings. The summed E-state index contributed by atoms with van der Waals surface area (Å²) in [6.07, 6.45) is 6.85. The first-order valence-corrected chi connectivity index (χ1v) is 14.5. The predicted octanol–water partition coefficient (Wildman–Crippen LogP) is 3.45. The van der Waals surface area contributed by atoms with Crippen molar-refractivity contribution in [2.75, 3.05) is 38.2 Å². The summed E-state index contributed by atoms with van der Waals surface area (Å²) in [6, 6.07) is 7.12. The van der Waals surface area contributed by atoms with Crippen LogP contribution in [0.1, 0.15) is 78.2 Å². The Bertz CT molecular complexity index is 1090. The van der Waals surface area contributed by atoms with Crippen LogP contribution in [-0.2, 0) is 24.3 Å². The van der Waals surface area contributed by atoms with Crippen LogP contribution in [-0.4, -0.2) is 85.5 Å². The molecule has 1 aromatic rings. The third-order valence-corrected chi connectivity index (χ3v) is 10.4. The number of amides is 2. The molecule has 4 fully saturated rings. The summed E-state index contributed by atoms with van der Waals surface area (Å²) >= 11 is 0. The molecule has 0 N–H and O–H groups in total. The van der Waals surface area contributed by atoms with E-state index in [4.69, 9.17) is 14.0 Å². The van der Waals surface area contributed by atoms with Gasteiger partial charge in [0.25, 0.3) is 0 Å². The van der Waals surface area contributed by atoms with Crippen LogP contribution >= 0.6 is 0 Å². The lowest BCUT2D eigenvalue weighted by Crippen LogP contribution is -2.58. The summed E-state index contributed by atoms with van der Waals surface area (Å²) in [6.45, 7) is 11.7. The number of benzene rings is 1. The van der Waals surface area contributed by atoms with E-state index in [1.54, 1.807) is 4.90 Å². The quantitative estimate of drug-likeness (QED) is 0.566. The van der Waals surface area contributed by atoms with Gasteiger partial charge in [0.05, 0.1) is 23.7 Å². The Morgan fingerprint density at radius 1 is 0.947 bits per heavy atom. The van der Waals surface area contributed by atoms with Gasteiger partial charge in [-0.05, 0) is 96.4 Å². The van der Waals surface area contributed by atoms with Gasteiger partial charge in [0.2, 0.25) is 5.91 Å². The zero-order chi connectivity index (χ0) is 26.9. The Morgan fingerprint density at radius 2 is 1.58 bits per heavy atom. The standard InChI is InChI=1S/C29H42BN3O5/c1-27(2)28(3,4)38-30(37-27)20-9-10-23-24(17-20)33(22-18-21(19-22)31-13-7-6-8-14-31)25(34)29(23)11-15-32(16-12-29)26(35)36-5/h9-10,17,21-22H,6-8,11-16,18-19H2,1-5H3. The van der Waals surface area contributed by atoms with Crippen LogP contribution in [0, 0.1) is 0 Å². The number of hydrogen-bond donors (Lipinski definition) is 0. The number of nitrogens with zero attached hydrogens (tertiary/aromatic N) is 3. The second kappa shape index (κ2) is 9.24. The first-order chi connectivity index (χ1) is 18.1. The molecule has 38 heavy (non-hydrogen) atoms. The smallest absolute Gasteiger partial charge is 0.453 e. The fourth-order valence-corrected chi connectivity index (χ4v) is 7.13. The SMILES string of the molecule is COC(=O)N1CCC2(CC1)C(=O)N(C1CC(N3CCCCC3)C1)c1cc(B3OC(C)(C)C(C)(C)O3)ccc12. The lowest BCUT2D eigenvalue weighted by atomic mass is 9.71. The van der Waals surface area contributed by atoms with Gasteiger partial charge in [0.15, 0.2) is 0 Å². The van der Waals surface area contributed by atoms with Crippen molar-refractivity contribution in [1.82, 2.24) is 9.80 Å². The number of rotatable bonds is 3. The van der Waals surface area contributed by atoms with Gasteiger partial charge in [-0.15, -0.1) is 0 Å². The van der Waals surface area contributed by atoms with Crippen LogP contribution in [0.3, 0.4) is 0 Å². The number of carbonyl (C=O) groups excluding carboxylic acids is 2. The third-order valence-electron chi connectivity index (χ3n) is 10.4. The van der Waals surface area contributed by atoms with E-state index in [9.17, 15) is 9.59 Å². The van der Waals surface area contributed by atoms with Crippen LogP contribution in [0.4, 0.5) is 10.5 Å². The first kappa shape index (κ1) is 26.1. The highest BCUT2D eigenvalue weighted by Crippen LogP contribution is 2.51. The van der Waals surface area contributed by atoms with E-state index >= 15 is 0 Å². The van der Waals surface area contributed by atoms with E-state index in [1.807, 2.05) is 0 Å². The van der Waals surface area contributed by atoms with E-state index in [1.165, 1.54) is 39.5 Å². The fraction of sp³-hybridized carbons (Fsp3) is 0.724. The topological polar surface area (TPSA) is 71.6 Å². The maximum absolute atomic E-state index is 14.4. The minimum absolute atomic E-state index is 0.199. The highest BCUT2D eigenvalue weighted by Gasteiger charge is 2.57. The number of anilines is 1. The molecule has 0 radical (unpaired) electrons. The number of carbonyl (C=O) groups is 2. The summed E-state index contributed by atoms with van der Waals surface area (Å²) in [4.78, 5) is 33.0. The molecule has 8 nitrogen and oxygen atoms in total. The van der Waals surface area contributed by atoms with Crippen LogP contribution in [0.25, 0.3) is 0 Å². The highest BCUT2D eigenvalue weighted by atomic mass is 16.7. The summed E-state index contributed by atoms with van der Waals surface area (Å²) in [5.41, 5.74) is 1.61. The molecule has 1 spiro atoms. The van der Waals surface area contributed by atoms with Crippen molar-refractivity contribution in [2.24, 2.45) is 0 Å². The van der Waals surface area contributed by atoms with Gasteiger partial charge in [-0.3, -0.25) is 4.79 Å². The van der Waals surface area contributed by atoms with E-state index in [0.717, 1.165) is 29.6 Å². The van der Waals surface area contributed by atoms with Crippen molar-refractivity contribution >= 4 is 30.3 Å². The van der Waals surface area contributed by atoms with Gasteiger partial charge in [0.1, 0.15) is 0 Å². The molecule has 1 aliphatic carbocycles. The maximum Gasteiger partial charge on any atom is 0.494 e. The molecule has 1 saturated carbocycles. The molecule has 6 rings (SSSR count). The number of hydrogen-bond acceptors (Lipinski definition) is 6. The minimum atomic E-state index is -0.593. The molecule has 0 atom stereocenters. The van der Waals surface area contributed by atoms with Crippen LogP contribution < -0.4 is 10.4 Å². The lowest BCUT2D eigenvalue weighted by Gasteiger charge is -2.48. The Balaban J connectivity index is 1.30. The van der Waals surface area contributed by atoms with Crippen molar-refractivity contribution in [3.8, 4) is 0 Å². The van der Waals surface area contributed by atoms with Crippen molar-refractivity contribution in [3.05, 3.63) is 23.8 Å². The highest BCUT2D eigenvalue weighted by molar-refractivity contribution is 6.62. The van der Waals surface area contributed by atoms with Crippen molar-refractivity contribution in [3.63, 3.8) is 0 Å². The molecule has 3 saturated heterocycles. The van der Waals surface area contributed by atoms with Gasteiger partial charge in [-0.1, -0.05) is 18.6 Å². The second-order valence-corrected chi connectivity index (χ2v) is 13.0. The van der Waals surface area contributed by atoms with Crippen molar-refractivity contribution < 1.29 is 23.6 Å². The average Bonchev–Trinajstić information content (AvgIpc) is 3.24. The van der Waals surface area contributed by atoms with Gasteiger partial charge in [0, 0.05) is 30.9 Å². The normalized spacial score (nSPS) is 29.9. The Hall–Kier alpha value is -2.10. The number of ether oxygens (including phenoxy) is 1. The van der Waals surface area contributed by atoms with Crippen molar-refractivity contribution in [2.45, 2.75) is 101 Å². The monoisotopic (exact) mass is 523 g/mol. The molecule has 4 aliphatic heterocycles. The maximum atomic E-state index is 14.4. The summed E-state index contributed by atoms with van der Waals surface area (Å²) in [5.74, 6) is 0.199. The molecule has 1 aromatic carbocycles. The van der Waals surface area contributed by atoms with E-state index < -0.39 is 23.7 Å². The summed E-state index contributed by atoms with van der Waals surface area (Å²) in [7, 11) is 0.944. The molecule has 206 valence electrons. The van der Waals surface area contributed by atoms with Gasteiger partial charge < -0.3 is 28.7 Å². The average molecular weight is 523 g/mol. The van der Waals surface area contributed by atoms with E-state index in [2.05, 4.69) is 55.7 Å². The van der Waals surface area contributed by atoms with Crippen molar-refractivity contribution in [1.29, 1.82) is 0 Å². The summed E-state index contributed by atoms with van der Waals surface area (Å²) in [5, 5.41) is 0. The predicted molar refractivity (Wildman–Crippen MR) is 147 cm³/mol. The molecule has 0 unspecified atom stereocenters. The molecule has 0 bridgehead atoms. The Labute approximate surface area is 227 Å². The van der Waals surface area contributed by atoms with Crippen LogP contribution in [0.2, 0.25) is 0 Å². The Morgan fingerprint density at radius 3 is 2.18 bits per heavy atom. The summed E-state index contributed by atoms with van der Waals surface area (Å²) < 4.78 is 17.7. The third kappa shape index (κ3) is 3.99.